The van der Waals surface area contributed by atoms with E-state index in [4.69, 9.17) is 5.11 Å². The number of rotatable bonds is 3. The lowest BCUT2D eigenvalue weighted by atomic mass is 10.2. The summed E-state index contributed by atoms with van der Waals surface area (Å²) in [6.07, 6.45) is 0. The third-order valence-corrected chi connectivity index (χ3v) is 3.73. The van der Waals surface area contributed by atoms with Crippen LogP contribution in [-0.4, -0.2) is 27.8 Å². The van der Waals surface area contributed by atoms with Gasteiger partial charge in [-0.2, -0.15) is 0 Å². The maximum Gasteiger partial charge on any atom is 0.321 e. The molecule has 2 N–H and O–H groups in total. The van der Waals surface area contributed by atoms with Crippen LogP contribution in [0.3, 0.4) is 0 Å². The lowest BCUT2D eigenvalue weighted by Crippen LogP contribution is -2.33. The van der Waals surface area contributed by atoms with Crippen molar-refractivity contribution in [3.63, 3.8) is 0 Å². The Morgan fingerprint density at radius 2 is 2.35 bits per heavy atom. The molecule has 6 nitrogen and oxygen atoms in total. The highest BCUT2D eigenvalue weighted by atomic mass is 32.2. The van der Waals surface area contributed by atoms with Gasteiger partial charge < -0.3 is 5.11 Å². The van der Waals surface area contributed by atoms with Crippen molar-refractivity contribution >= 4 is 23.4 Å². The first-order valence-corrected chi connectivity index (χ1v) is 5.97. The van der Waals surface area contributed by atoms with E-state index in [0.29, 0.717) is 5.75 Å². The summed E-state index contributed by atoms with van der Waals surface area (Å²) in [5, 5.41) is 22.2. The number of hydrogen-bond donors (Lipinski definition) is 2. The summed E-state index contributed by atoms with van der Waals surface area (Å²) in [5.74, 6) is -0.437. The topological polar surface area (TPSA) is 92.5 Å². The van der Waals surface area contributed by atoms with E-state index in [-0.39, 0.29) is 11.1 Å². The number of hydrogen-bond acceptors (Lipinski definition) is 5. The van der Waals surface area contributed by atoms with Crippen LogP contribution in [0.5, 0.6) is 0 Å². The van der Waals surface area contributed by atoms with E-state index >= 15 is 0 Å². The minimum atomic E-state index is -0.898. The van der Waals surface area contributed by atoms with Crippen molar-refractivity contribution < 1.29 is 14.8 Å². The fraction of sp³-hybridized carbons (Fsp3) is 0.300. The molecule has 1 aliphatic rings. The van der Waals surface area contributed by atoms with Crippen LogP contribution in [0.25, 0.3) is 0 Å². The molecule has 0 bridgehead atoms. The van der Waals surface area contributed by atoms with Crippen molar-refractivity contribution in [1.29, 1.82) is 0 Å². The highest BCUT2D eigenvalue weighted by Gasteiger charge is 2.30. The minimum absolute atomic E-state index is 0.0173. The SMILES string of the molecule is O=C(O)[C@@H]1CS[C@@H](c2cccc([N+](=O)[O-])c2)N1. The minimum Gasteiger partial charge on any atom is -0.480 e. The maximum atomic E-state index is 10.8. The van der Waals surface area contributed by atoms with E-state index in [1.54, 1.807) is 12.1 Å². The summed E-state index contributed by atoms with van der Waals surface area (Å²) < 4.78 is 0. The lowest BCUT2D eigenvalue weighted by molar-refractivity contribution is -0.384. The van der Waals surface area contributed by atoms with Gasteiger partial charge in [0.2, 0.25) is 0 Å². The number of thioether (sulfide) groups is 1. The molecule has 7 heteroatoms. The average molecular weight is 254 g/mol. The zero-order chi connectivity index (χ0) is 12.4. The second kappa shape index (κ2) is 4.72. The van der Waals surface area contributed by atoms with E-state index in [0.717, 1.165) is 5.56 Å². The fourth-order valence-corrected chi connectivity index (χ4v) is 2.83. The van der Waals surface area contributed by atoms with E-state index in [1.807, 2.05) is 0 Å². The smallest absolute Gasteiger partial charge is 0.321 e. The molecule has 0 saturated carbocycles. The lowest BCUT2D eigenvalue weighted by Gasteiger charge is -2.10. The second-order valence-electron chi connectivity index (χ2n) is 3.62. The van der Waals surface area contributed by atoms with Crippen LogP contribution in [0.2, 0.25) is 0 Å². The summed E-state index contributed by atoms with van der Waals surface area (Å²) in [7, 11) is 0. The monoisotopic (exact) mass is 254 g/mol. The third kappa shape index (κ3) is 2.56. The van der Waals surface area contributed by atoms with Gasteiger partial charge in [-0.1, -0.05) is 12.1 Å². The Hall–Kier alpha value is -1.60. The molecule has 1 aromatic rings. The molecular weight excluding hydrogens is 244 g/mol. The molecule has 0 amide bonds. The van der Waals surface area contributed by atoms with Crippen molar-refractivity contribution in [2.24, 2.45) is 0 Å². The number of carbonyl (C=O) groups is 1. The van der Waals surface area contributed by atoms with E-state index in [1.165, 1.54) is 23.9 Å². The van der Waals surface area contributed by atoms with E-state index in [2.05, 4.69) is 5.32 Å². The Morgan fingerprint density at radius 3 is 2.94 bits per heavy atom. The standard InChI is InChI=1S/C10H10N2O4S/c13-10(14)8-5-17-9(11-8)6-2-1-3-7(4-6)12(15)16/h1-4,8-9,11H,5H2,(H,13,14)/t8-,9-/m0/s1. The zero-order valence-electron chi connectivity index (χ0n) is 8.70. The Balaban J connectivity index is 2.16. The summed E-state index contributed by atoms with van der Waals surface area (Å²) in [6, 6.07) is 5.64. The summed E-state index contributed by atoms with van der Waals surface area (Å²) >= 11 is 1.44. The largest absolute Gasteiger partial charge is 0.480 e. The van der Waals surface area contributed by atoms with Gasteiger partial charge in [-0.3, -0.25) is 20.2 Å². The maximum absolute atomic E-state index is 10.8. The number of benzene rings is 1. The molecule has 17 heavy (non-hydrogen) atoms. The van der Waals surface area contributed by atoms with E-state index < -0.39 is 16.9 Å². The molecule has 0 unspecified atom stereocenters. The normalized spacial score (nSPS) is 23.5. The highest BCUT2D eigenvalue weighted by molar-refractivity contribution is 7.99. The van der Waals surface area contributed by atoms with Gasteiger partial charge in [0.1, 0.15) is 6.04 Å². The van der Waals surface area contributed by atoms with Gasteiger partial charge in [0.25, 0.3) is 5.69 Å². The van der Waals surface area contributed by atoms with Gasteiger partial charge in [-0.25, -0.2) is 0 Å². The van der Waals surface area contributed by atoms with Crippen molar-refractivity contribution in [3.05, 3.63) is 39.9 Å². The first-order chi connectivity index (χ1) is 8.08. The predicted octanol–water partition coefficient (Wildman–Crippen LogP) is 1.38. The second-order valence-corrected chi connectivity index (χ2v) is 4.76. The first kappa shape index (κ1) is 11.9. The van der Waals surface area contributed by atoms with Crippen LogP contribution in [0.1, 0.15) is 10.9 Å². The van der Waals surface area contributed by atoms with Crippen LogP contribution >= 0.6 is 11.8 Å². The summed E-state index contributed by atoms with van der Waals surface area (Å²) in [6.45, 7) is 0. The van der Waals surface area contributed by atoms with Gasteiger partial charge in [0.15, 0.2) is 0 Å². The molecule has 0 aromatic heterocycles. The third-order valence-electron chi connectivity index (χ3n) is 2.46. The first-order valence-electron chi connectivity index (χ1n) is 4.93. The zero-order valence-corrected chi connectivity index (χ0v) is 9.52. The number of carboxylic acids is 1. The van der Waals surface area contributed by atoms with Crippen LogP contribution in [0.4, 0.5) is 5.69 Å². The Bertz CT molecular complexity index is 465. The highest BCUT2D eigenvalue weighted by Crippen LogP contribution is 2.33. The van der Waals surface area contributed by atoms with Crippen LogP contribution in [0.15, 0.2) is 24.3 Å². The molecule has 1 aliphatic heterocycles. The van der Waals surface area contributed by atoms with Crippen molar-refractivity contribution in [2.75, 3.05) is 5.75 Å². The number of aliphatic carboxylic acids is 1. The molecule has 2 atom stereocenters. The van der Waals surface area contributed by atoms with Gasteiger partial charge in [0, 0.05) is 17.9 Å². The molecule has 1 aromatic carbocycles. The van der Waals surface area contributed by atoms with Crippen molar-refractivity contribution in [3.8, 4) is 0 Å². The number of nitro benzene ring substituents is 1. The Labute approximate surface area is 101 Å². The van der Waals surface area contributed by atoms with E-state index in [9.17, 15) is 14.9 Å². The number of non-ortho nitro benzene ring substituents is 1. The fourth-order valence-electron chi connectivity index (χ4n) is 1.61. The summed E-state index contributed by atoms with van der Waals surface area (Å²) in [4.78, 5) is 20.9. The molecule has 0 spiro atoms. The number of nitro groups is 1. The van der Waals surface area contributed by atoms with Crippen LogP contribution in [0, 0.1) is 10.1 Å². The molecule has 1 fully saturated rings. The number of nitrogens with zero attached hydrogens (tertiary/aromatic N) is 1. The molecule has 1 heterocycles. The van der Waals surface area contributed by atoms with Gasteiger partial charge in [0.05, 0.1) is 10.3 Å². The molecule has 2 rings (SSSR count). The average Bonchev–Trinajstić information content (AvgIpc) is 2.78. The molecular formula is C10H10N2O4S. The summed E-state index contributed by atoms with van der Waals surface area (Å²) in [5.41, 5.74) is 0.747. The predicted molar refractivity (Wildman–Crippen MR) is 62.9 cm³/mol. The molecule has 0 radical (unpaired) electrons. The van der Waals surface area contributed by atoms with Crippen LogP contribution < -0.4 is 5.32 Å². The van der Waals surface area contributed by atoms with Gasteiger partial charge in [-0.15, -0.1) is 11.8 Å². The van der Waals surface area contributed by atoms with Crippen molar-refractivity contribution in [1.82, 2.24) is 5.32 Å². The number of carboxylic acid groups (broad SMARTS) is 1. The molecule has 90 valence electrons. The molecule has 0 aliphatic carbocycles. The van der Waals surface area contributed by atoms with Crippen LogP contribution in [-0.2, 0) is 4.79 Å². The number of nitrogens with one attached hydrogen (secondary N) is 1. The van der Waals surface area contributed by atoms with Gasteiger partial charge >= 0.3 is 5.97 Å². The van der Waals surface area contributed by atoms with Gasteiger partial charge in [-0.05, 0) is 5.56 Å². The van der Waals surface area contributed by atoms with Crippen molar-refractivity contribution in [2.45, 2.75) is 11.4 Å². The quantitative estimate of drug-likeness (QED) is 0.625. The Morgan fingerprint density at radius 1 is 1.59 bits per heavy atom. The molecule has 1 saturated heterocycles. The Kier molecular flexibility index (Phi) is 3.30.